The van der Waals surface area contributed by atoms with Crippen LogP contribution in [0.1, 0.15) is 31.2 Å². The molecule has 0 aromatic carbocycles. The van der Waals surface area contributed by atoms with Crippen molar-refractivity contribution in [3.05, 3.63) is 34.2 Å². The minimum atomic E-state index is -0.433. The van der Waals surface area contributed by atoms with E-state index < -0.39 is 6.61 Å². The van der Waals surface area contributed by atoms with E-state index in [4.69, 9.17) is 5.11 Å². The van der Waals surface area contributed by atoms with E-state index in [1.54, 1.807) is 11.8 Å². The average molecular weight is 292 g/mol. The Kier molecular flexibility index (Phi) is 4.96. The molecule has 1 aliphatic heterocycles. The van der Waals surface area contributed by atoms with Crippen LogP contribution in [0, 0.1) is 0 Å². The highest BCUT2D eigenvalue weighted by atomic mass is 19.1. The molecule has 0 unspecified atom stereocenters. The monoisotopic (exact) mass is 292 g/mol. The lowest BCUT2D eigenvalue weighted by atomic mass is 9.90. The first-order valence-electron chi connectivity index (χ1n) is 7.15. The average Bonchev–Trinajstić information content (AvgIpc) is 2.87. The number of hydrogen-bond donors (Lipinski definition) is 2. The zero-order valence-corrected chi connectivity index (χ0v) is 12.2. The minimum absolute atomic E-state index is 0.221. The van der Waals surface area contributed by atoms with E-state index in [0.717, 1.165) is 23.6 Å². The lowest BCUT2D eigenvalue weighted by molar-refractivity contribution is -0.135. The topological polar surface area (TPSA) is 56.3 Å². The number of nitrogens with one attached hydrogen (secondary N) is 1. The molecular weight excluding hydrogens is 271 g/mol. The normalized spacial score (nSPS) is 18.3. The number of rotatable bonds is 3. The molecule has 114 valence electrons. The Balaban J connectivity index is 2.14. The van der Waals surface area contributed by atoms with Gasteiger partial charge in [-0.15, -0.1) is 0 Å². The van der Waals surface area contributed by atoms with Gasteiger partial charge in [0, 0.05) is 24.6 Å². The molecule has 5 heteroatoms. The number of likely N-dealkylation sites (tertiary alicyclic amines) is 1. The SMILES string of the molecule is C=c1c(C2CCN(C(=O)CO)CC2)c[nH]/c1=C/C(F)=C\C. The van der Waals surface area contributed by atoms with Crippen LogP contribution in [0.25, 0.3) is 12.7 Å². The third-order valence-electron chi connectivity index (χ3n) is 4.04. The van der Waals surface area contributed by atoms with Crippen molar-refractivity contribution in [1.82, 2.24) is 9.88 Å². The van der Waals surface area contributed by atoms with E-state index in [1.807, 2.05) is 6.20 Å². The van der Waals surface area contributed by atoms with Crippen molar-refractivity contribution in [2.45, 2.75) is 25.7 Å². The predicted octanol–water partition coefficient (Wildman–Crippen LogP) is 0.777. The van der Waals surface area contributed by atoms with Crippen molar-refractivity contribution < 1.29 is 14.3 Å². The fourth-order valence-corrected chi connectivity index (χ4v) is 2.74. The molecule has 1 aromatic heterocycles. The van der Waals surface area contributed by atoms with Gasteiger partial charge in [0.2, 0.25) is 5.91 Å². The van der Waals surface area contributed by atoms with Crippen LogP contribution in [0.3, 0.4) is 0 Å². The summed E-state index contributed by atoms with van der Waals surface area (Å²) in [6.07, 6.45) is 6.38. The van der Waals surface area contributed by atoms with Crippen molar-refractivity contribution >= 4 is 18.6 Å². The highest BCUT2D eigenvalue weighted by Gasteiger charge is 2.24. The lowest BCUT2D eigenvalue weighted by Gasteiger charge is -2.31. The molecule has 1 amide bonds. The molecule has 0 spiro atoms. The largest absolute Gasteiger partial charge is 0.387 e. The third-order valence-corrected chi connectivity index (χ3v) is 4.04. The van der Waals surface area contributed by atoms with Gasteiger partial charge < -0.3 is 15.0 Å². The summed E-state index contributed by atoms with van der Waals surface area (Å²) in [5, 5.41) is 10.4. The van der Waals surface area contributed by atoms with E-state index in [2.05, 4.69) is 11.6 Å². The van der Waals surface area contributed by atoms with Gasteiger partial charge in [-0.1, -0.05) is 12.7 Å². The number of piperidine rings is 1. The van der Waals surface area contributed by atoms with Gasteiger partial charge in [-0.2, -0.15) is 0 Å². The second-order valence-corrected chi connectivity index (χ2v) is 5.27. The maximum absolute atomic E-state index is 13.3. The first-order chi connectivity index (χ1) is 10.1. The number of carbonyl (C=O) groups is 1. The van der Waals surface area contributed by atoms with Gasteiger partial charge in [0.05, 0.1) is 0 Å². The lowest BCUT2D eigenvalue weighted by Crippen LogP contribution is -2.40. The molecule has 0 atom stereocenters. The molecule has 1 fully saturated rings. The van der Waals surface area contributed by atoms with Gasteiger partial charge in [-0.05, 0) is 42.5 Å². The van der Waals surface area contributed by atoms with Gasteiger partial charge in [-0.25, -0.2) is 4.39 Å². The first-order valence-corrected chi connectivity index (χ1v) is 7.15. The highest BCUT2D eigenvalue weighted by Crippen LogP contribution is 2.25. The number of aromatic nitrogens is 1. The Morgan fingerprint density at radius 3 is 2.81 bits per heavy atom. The van der Waals surface area contributed by atoms with Crippen molar-refractivity contribution in [3.8, 4) is 0 Å². The maximum atomic E-state index is 13.3. The molecule has 2 N–H and O–H groups in total. The second kappa shape index (κ2) is 6.72. The molecule has 0 saturated carbocycles. The Hall–Kier alpha value is -1.88. The molecular formula is C16H21FN2O2. The molecule has 1 aliphatic rings. The van der Waals surface area contributed by atoms with Crippen LogP contribution < -0.4 is 10.6 Å². The number of nitrogens with zero attached hydrogens (tertiary/aromatic N) is 1. The fourth-order valence-electron chi connectivity index (χ4n) is 2.74. The minimum Gasteiger partial charge on any atom is -0.387 e. The molecule has 0 radical (unpaired) electrons. The summed E-state index contributed by atoms with van der Waals surface area (Å²) in [5.74, 6) is -0.203. The van der Waals surface area contributed by atoms with E-state index in [1.165, 1.54) is 12.2 Å². The Morgan fingerprint density at radius 2 is 2.24 bits per heavy atom. The van der Waals surface area contributed by atoms with Gasteiger partial charge in [0.1, 0.15) is 12.4 Å². The molecule has 0 aliphatic carbocycles. The highest BCUT2D eigenvalue weighted by molar-refractivity contribution is 5.77. The summed E-state index contributed by atoms with van der Waals surface area (Å²) in [6.45, 7) is 6.52. The number of H-pyrrole nitrogens is 1. The van der Waals surface area contributed by atoms with Crippen LogP contribution in [0.5, 0.6) is 0 Å². The van der Waals surface area contributed by atoms with Gasteiger partial charge >= 0.3 is 0 Å². The predicted molar refractivity (Wildman–Crippen MR) is 80.5 cm³/mol. The smallest absolute Gasteiger partial charge is 0.248 e. The van der Waals surface area contributed by atoms with Crippen molar-refractivity contribution in [3.63, 3.8) is 0 Å². The Morgan fingerprint density at radius 1 is 1.57 bits per heavy atom. The van der Waals surface area contributed by atoms with Crippen LogP contribution >= 0.6 is 0 Å². The van der Waals surface area contributed by atoms with Crippen LogP contribution in [-0.4, -0.2) is 40.6 Å². The number of aliphatic hydroxyl groups is 1. The second-order valence-electron chi connectivity index (χ2n) is 5.27. The Labute approximate surface area is 123 Å². The number of allylic oxidation sites excluding steroid dienone is 2. The number of aliphatic hydroxyl groups excluding tert-OH is 1. The zero-order chi connectivity index (χ0) is 15.4. The van der Waals surface area contributed by atoms with Crippen LogP contribution in [0.15, 0.2) is 18.1 Å². The molecule has 0 bridgehead atoms. The number of carbonyl (C=O) groups excluding carboxylic acids is 1. The summed E-state index contributed by atoms with van der Waals surface area (Å²) < 4.78 is 13.3. The van der Waals surface area contributed by atoms with Crippen molar-refractivity contribution in [2.75, 3.05) is 19.7 Å². The van der Waals surface area contributed by atoms with Gasteiger partial charge in [-0.3, -0.25) is 4.79 Å². The summed E-state index contributed by atoms with van der Waals surface area (Å²) in [4.78, 5) is 16.2. The molecule has 1 aromatic rings. The molecule has 21 heavy (non-hydrogen) atoms. The van der Waals surface area contributed by atoms with Crippen molar-refractivity contribution in [1.29, 1.82) is 0 Å². The first kappa shape index (κ1) is 15.5. The summed E-state index contributed by atoms with van der Waals surface area (Å²) in [7, 11) is 0. The summed E-state index contributed by atoms with van der Waals surface area (Å²) in [6, 6.07) is 0. The fraction of sp³-hybridized carbons (Fsp3) is 0.438. The number of aromatic amines is 1. The molecule has 2 rings (SSSR count). The van der Waals surface area contributed by atoms with E-state index >= 15 is 0 Å². The van der Waals surface area contributed by atoms with Crippen LogP contribution in [-0.2, 0) is 4.79 Å². The molecule has 1 saturated heterocycles. The van der Waals surface area contributed by atoms with Crippen LogP contribution in [0.2, 0.25) is 0 Å². The van der Waals surface area contributed by atoms with E-state index in [9.17, 15) is 9.18 Å². The molecule has 4 nitrogen and oxygen atoms in total. The number of halogens is 1. The van der Waals surface area contributed by atoms with Crippen molar-refractivity contribution in [2.24, 2.45) is 0 Å². The quantitative estimate of drug-likeness (QED) is 0.865. The van der Waals surface area contributed by atoms with Crippen LogP contribution in [0.4, 0.5) is 4.39 Å². The van der Waals surface area contributed by atoms with Gasteiger partial charge in [0.15, 0.2) is 0 Å². The molecule has 2 heterocycles. The van der Waals surface area contributed by atoms with Gasteiger partial charge in [0.25, 0.3) is 0 Å². The zero-order valence-electron chi connectivity index (χ0n) is 12.2. The van der Waals surface area contributed by atoms with E-state index in [0.29, 0.717) is 24.4 Å². The number of hydrogen-bond acceptors (Lipinski definition) is 2. The van der Waals surface area contributed by atoms with E-state index in [-0.39, 0.29) is 11.7 Å². The Bertz CT molecular complexity index is 640. The standard InChI is InChI=1S/C16H21FN2O2/c1-3-13(17)8-15-11(2)14(9-18-15)12-4-6-19(7-5-12)16(21)10-20/h3,8-9,12,18,20H,2,4-7,10H2,1H3/b13-3+,15-8+. The summed E-state index contributed by atoms with van der Waals surface area (Å²) in [5.41, 5.74) is 1.08. The summed E-state index contributed by atoms with van der Waals surface area (Å²) >= 11 is 0. The number of amides is 1. The maximum Gasteiger partial charge on any atom is 0.248 e. The third kappa shape index (κ3) is 3.42.